The molecule has 0 bridgehead atoms. The third-order valence-corrected chi connectivity index (χ3v) is 3.63. The van der Waals surface area contributed by atoms with Gasteiger partial charge in [-0.25, -0.2) is 14.4 Å². The first-order chi connectivity index (χ1) is 13.5. The molecule has 0 spiro atoms. The predicted molar refractivity (Wildman–Crippen MR) is 101 cm³/mol. The molecule has 0 aliphatic heterocycles. The standard InChI is InChI=1S/C21H20O7/c1-2-3-4-5-14-26-21(25)28-18-12-8-16(9-13-18)20(24)27-17-10-6-15(7-11-17)19(22)23/h2,6-13H,1,3-5,14H2,(H,22,23). The molecule has 2 aromatic carbocycles. The van der Waals surface area contributed by atoms with Crippen molar-refractivity contribution in [1.29, 1.82) is 0 Å². The van der Waals surface area contributed by atoms with Crippen molar-refractivity contribution in [3.8, 4) is 11.5 Å². The van der Waals surface area contributed by atoms with Crippen LogP contribution in [0.4, 0.5) is 4.79 Å². The summed E-state index contributed by atoms with van der Waals surface area (Å²) in [6, 6.07) is 11.2. The van der Waals surface area contributed by atoms with E-state index in [1.54, 1.807) is 6.08 Å². The van der Waals surface area contributed by atoms with Crippen LogP contribution >= 0.6 is 0 Å². The molecule has 2 aromatic rings. The van der Waals surface area contributed by atoms with Crippen LogP contribution in [0, 0.1) is 0 Å². The number of carboxylic acids is 1. The molecule has 0 heterocycles. The largest absolute Gasteiger partial charge is 0.513 e. The highest BCUT2D eigenvalue weighted by Crippen LogP contribution is 2.17. The van der Waals surface area contributed by atoms with Gasteiger partial charge in [-0.15, -0.1) is 6.58 Å². The number of carbonyl (C=O) groups is 3. The molecule has 2 rings (SSSR count). The van der Waals surface area contributed by atoms with E-state index in [-0.39, 0.29) is 29.2 Å². The van der Waals surface area contributed by atoms with Crippen LogP contribution in [0.25, 0.3) is 0 Å². The molecule has 0 aromatic heterocycles. The Morgan fingerprint density at radius 3 is 2.00 bits per heavy atom. The van der Waals surface area contributed by atoms with Gasteiger partial charge in [-0.2, -0.15) is 0 Å². The lowest BCUT2D eigenvalue weighted by atomic mass is 10.2. The highest BCUT2D eigenvalue weighted by atomic mass is 16.7. The van der Waals surface area contributed by atoms with Crippen molar-refractivity contribution in [3.05, 3.63) is 72.3 Å². The van der Waals surface area contributed by atoms with Gasteiger partial charge in [-0.05, 0) is 67.8 Å². The van der Waals surface area contributed by atoms with Crippen LogP contribution in [0.1, 0.15) is 40.0 Å². The van der Waals surface area contributed by atoms with Crippen LogP contribution in [0.15, 0.2) is 61.2 Å². The van der Waals surface area contributed by atoms with Gasteiger partial charge in [0.15, 0.2) is 0 Å². The van der Waals surface area contributed by atoms with E-state index in [9.17, 15) is 14.4 Å². The zero-order valence-electron chi connectivity index (χ0n) is 15.1. The zero-order valence-corrected chi connectivity index (χ0v) is 15.1. The quantitative estimate of drug-likeness (QED) is 0.224. The Balaban J connectivity index is 1.83. The van der Waals surface area contributed by atoms with Gasteiger partial charge in [0, 0.05) is 0 Å². The smallest absolute Gasteiger partial charge is 0.478 e. The summed E-state index contributed by atoms with van der Waals surface area (Å²) in [7, 11) is 0. The third kappa shape index (κ3) is 6.60. The number of ether oxygens (including phenoxy) is 3. The van der Waals surface area contributed by atoms with Gasteiger partial charge in [0.25, 0.3) is 0 Å². The molecule has 0 unspecified atom stereocenters. The number of carboxylic acid groups (broad SMARTS) is 1. The van der Waals surface area contributed by atoms with Gasteiger partial charge in [-0.1, -0.05) is 6.08 Å². The Kier molecular flexibility index (Phi) is 7.77. The summed E-state index contributed by atoms with van der Waals surface area (Å²) in [5.74, 6) is -1.24. The first-order valence-corrected chi connectivity index (χ1v) is 8.60. The minimum Gasteiger partial charge on any atom is -0.478 e. The van der Waals surface area contributed by atoms with Gasteiger partial charge >= 0.3 is 18.1 Å². The van der Waals surface area contributed by atoms with Crippen molar-refractivity contribution in [1.82, 2.24) is 0 Å². The lowest BCUT2D eigenvalue weighted by molar-refractivity contribution is 0.0696. The lowest BCUT2D eigenvalue weighted by Crippen LogP contribution is -2.12. The van der Waals surface area contributed by atoms with Crippen molar-refractivity contribution in [2.24, 2.45) is 0 Å². The fraction of sp³-hybridized carbons (Fsp3) is 0.190. The van der Waals surface area contributed by atoms with Crippen molar-refractivity contribution in [2.75, 3.05) is 6.61 Å². The maximum absolute atomic E-state index is 12.1. The monoisotopic (exact) mass is 384 g/mol. The summed E-state index contributed by atoms with van der Waals surface area (Å²) < 4.78 is 15.1. The molecule has 0 fully saturated rings. The second kappa shape index (κ2) is 10.5. The Labute approximate surface area is 162 Å². The van der Waals surface area contributed by atoms with Gasteiger partial charge in [0.05, 0.1) is 17.7 Å². The molecule has 0 atom stereocenters. The Morgan fingerprint density at radius 1 is 0.857 bits per heavy atom. The van der Waals surface area contributed by atoms with Gasteiger partial charge < -0.3 is 19.3 Å². The number of aromatic carboxylic acids is 1. The summed E-state index contributed by atoms with van der Waals surface area (Å²) in [6.07, 6.45) is 3.45. The van der Waals surface area contributed by atoms with Gasteiger partial charge in [0.1, 0.15) is 11.5 Å². The number of esters is 1. The van der Waals surface area contributed by atoms with Gasteiger partial charge in [0.2, 0.25) is 0 Å². The van der Waals surface area contributed by atoms with E-state index < -0.39 is 18.1 Å². The third-order valence-electron chi connectivity index (χ3n) is 3.63. The van der Waals surface area contributed by atoms with Crippen LogP contribution in [0.3, 0.4) is 0 Å². The summed E-state index contributed by atoms with van der Waals surface area (Å²) >= 11 is 0. The Hall–Kier alpha value is -3.61. The number of hydrogen-bond donors (Lipinski definition) is 1. The molecule has 7 nitrogen and oxygen atoms in total. The molecule has 28 heavy (non-hydrogen) atoms. The minimum absolute atomic E-state index is 0.0916. The minimum atomic E-state index is -1.07. The number of rotatable bonds is 9. The van der Waals surface area contributed by atoms with Crippen molar-refractivity contribution < 1.29 is 33.7 Å². The average molecular weight is 384 g/mol. The molecule has 1 N–H and O–H groups in total. The molecule has 7 heteroatoms. The fourth-order valence-electron chi connectivity index (χ4n) is 2.16. The average Bonchev–Trinajstić information content (AvgIpc) is 2.68. The fourth-order valence-corrected chi connectivity index (χ4v) is 2.16. The zero-order chi connectivity index (χ0) is 20.4. The first kappa shape index (κ1) is 20.7. The van der Waals surface area contributed by atoms with Crippen LogP contribution in [0.2, 0.25) is 0 Å². The Bertz CT molecular complexity index is 823. The normalized spacial score (nSPS) is 10.0. The Morgan fingerprint density at radius 2 is 1.43 bits per heavy atom. The second-order valence-corrected chi connectivity index (χ2v) is 5.73. The lowest BCUT2D eigenvalue weighted by Gasteiger charge is -2.07. The van der Waals surface area contributed by atoms with E-state index >= 15 is 0 Å². The van der Waals surface area contributed by atoms with E-state index in [1.807, 2.05) is 0 Å². The van der Waals surface area contributed by atoms with E-state index in [1.165, 1.54) is 48.5 Å². The summed E-state index contributed by atoms with van der Waals surface area (Å²) in [6.45, 7) is 3.88. The van der Waals surface area contributed by atoms with E-state index in [0.717, 1.165) is 19.3 Å². The predicted octanol–water partition coefficient (Wildman–Crippen LogP) is 4.48. The summed E-state index contributed by atoms with van der Waals surface area (Å²) in [4.78, 5) is 34.5. The number of benzene rings is 2. The van der Waals surface area contributed by atoms with E-state index in [4.69, 9.17) is 19.3 Å². The van der Waals surface area contributed by atoms with E-state index in [0.29, 0.717) is 0 Å². The summed E-state index contributed by atoms with van der Waals surface area (Å²) in [5, 5.41) is 8.85. The maximum Gasteiger partial charge on any atom is 0.513 e. The van der Waals surface area contributed by atoms with Gasteiger partial charge in [-0.3, -0.25) is 0 Å². The molecule has 146 valence electrons. The number of hydrogen-bond acceptors (Lipinski definition) is 6. The maximum atomic E-state index is 12.1. The highest BCUT2D eigenvalue weighted by Gasteiger charge is 2.11. The van der Waals surface area contributed by atoms with Crippen molar-refractivity contribution >= 4 is 18.1 Å². The van der Waals surface area contributed by atoms with Crippen LogP contribution in [0.5, 0.6) is 11.5 Å². The highest BCUT2D eigenvalue weighted by molar-refractivity contribution is 5.91. The molecule has 0 saturated heterocycles. The topological polar surface area (TPSA) is 99.1 Å². The molecule has 0 aliphatic rings. The van der Waals surface area contributed by atoms with E-state index in [2.05, 4.69) is 6.58 Å². The van der Waals surface area contributed by atoms with Crippen LogP contribution < -0.4 is 9.47 Å². The molecular formula is C21H20O7. The summed E-state index contributed by atoms with van der Waals surface area (Å²) in [5.41, 5.74) is 0.335. The molecule has 0 amide bonds. The molecular weight excluding hydrogens is 364 g/mol. The number of carbonyl (C=O) groups excluding carboxylic acids is 2. The van der Waals surface area contributed by atoms with Crippen LogP contribution in [-0.4, -0.2) is 29.8 Å². The SMILES string of the molecule is C=CCCCCOC(=O)Oc1ccc(C(=O)Oc2ccc(C(=O)O)cc2)cc1. The second-order valence-electron chi connectivity index (χ2n) is 5.73. The molecule has 0 aliphatic carbocycles. The van der Waals surface area contributed by atoms with Crippen LogP contribution in [-0.2, 0) is 4.74 Å². The molecule has 0 radical (unpaired) electrons. The van der Waals surface area contributed by atoms with Crippen molar-refractivity contribution in [3.63, 3.8) is 0 Å². The number of allylic oxidation sites excluding steroid dienone is 1. The first-order valence-electron chi connectivity index (χ1n) is 8.60. The van der Waals surface area contributed by atoms with Crippen molar-refractivity contribution in [2.45, 2.75) is 19.3 Å². The number of unbranched alkanes of at least 4 members (excludes halogenated alkanes) is 2. The molecule has 0 saturated carbocycles.